The molecule has 0 aliphatic rings. The van der Waals surface area contributed by atoms with Crippen LogP contribution in [-0.2, 0) is 16.1 Å². The summed E-state index contributed by atoms with van der Waals surface area (Å²) in [7, 11) is 0. The molecule has 15 heavy (non-hydrogen) atoms. The topological polar surface area (TPSA) is 66.4 Å². The number of hydrogen-bond acceptors (Lipinski definition) is 4. The Kier molecular flexibility index (Phi) is 4.66. The van der Waals surface area contributed by atoms with Crippen LogP contribution in [0.1, 0.15) is 5.56 Å². The van der Waals surface area contributed by atoms with Crippen LogP contribution in [0.15, 0.2) is 30.3 Å². The lowest BCUT2D eigenvalue weighted by atomic mass is 10.1. The van der Waals surface area contributed by atoms with Gasteiger partial charge in [-0.15, -0.1) is 0 Å². The highest BCUT2D eigenvalue weighted by atomic mass is 16.3. The molecule has 0 spiro atoms. The molecule has 0 aliphatic carbocycles. The zero-order chi connectivity index (χ0) is 11.1. The molecular formula is C11H13NO3. The van der Waals surface area contributed by atoms with Gasteiger partial charge in [-0.3, -0.25) is 0 Å². The van der Waals surface area contributed by atoms with E-state index in [1.165, 1.54) is 0 Å². The van der Waals surface area contributed by atoms with Crippen molar-refractivity contribution in [3.05, 3.63) is 35.9 Å². The van der Waals surface area contributed by atoms with Crippen LogP contribution in [0.5, 0.6) is 0 Å². The fourth-order valence-corrected chi connectivity index (χ4v) is 1.17. The molecule has 2 N–H and O–H groups in total. The van der Waals surface area contributed by atoms with E-state index >= 15 is 0 Å². The number of nitrogens with one attached hydrogen (secondary N) is 1. The summed E-state index contributed by atoms with van der Waals surface area (Å²) >= 11 is 0. The van der Waals surface area contributed by atoms with E-state index < -0.39 is 12.1 Å². The van der Waals surface area contributed by atoms with E-state index in [-0.39, 0.29) is 0 Å². The monoisotopic (exact) mass is 207 g/mol. The minimum atomic E-state index is -1.29. The molecule has 0 saturated carbocycles. The Balaban J connectivity index is 2.48. The van der Waals surface area contributed by atoms with Gasteiger partial charge in [-0.05, 0) is 5.56 Å². The second kappa shape index (κ2) is 6.06. The van der Waals surface area contributed by atoms with Crippen molar-refractivity contribution in [2.75, 3.05) is 0 Å². The maximum atomic E-state index is 10.5. The first-order valence-corrected chi connectivity index (χ1v) is 4.64. The van der Waals surface area contributed by atoms with Crippen molar-refractivity contribution in [1.82, 2.24) is 5.32 Å². The van der Waals surface area contributed by atoms with Crippen molar-refractivity contribution in [3.63, 3.8) is 0 Å². The fourth-order valence-electron chi connectivity index (χ4n) is 1.17. The predicted molar refractivity (Wildman–Crippen MR) is 55.2 cm³/mol. The molecule has 2 atom stereocenters. The van der Waals surface area contributed by atoms with Crippen molar-refractivity contribution in [2.24, 2.45) is 0 Å². The van der Waals surface area contributed by atoms with Crippen molar-refractivity contribution < 1.29 is 14.7 Å². The highest BCUT2D eigenvalue weighted by molar-refractivity contribution is 5.69. The molecule has 2 unspecified atom stereocenters. The van der Waals surface area contributed by atoms with E-state index in [0.29, 0.717) is 19.1 Å². The summed E-state index contributed by atoms with van der Waals surface area (Å²) in [6.45, 7) is 0.440. The van der Waals surface area contributed by atoms with Crippen molar-refractivity contribution in [3.8, 4) is 0 Å². The molecule has 0 bridgehead atoms. The average Bonchev–Trinajstić information content (AvgIpc) is 2.31. The molecule has 4 heteroatoms. The number of rotatable bonds is 6. The highest BCUT2D eigenvalue weighted by Crippen LogP contribution is 1.98. The van der Waals surface area contributed by atoms with Crippen LogP contribution in [0.2, 0.25) is 0 Å². The Labute approximate surface area is 87.9 Å². The van der Waals surface area contributed by atoms with E-state index in [2.05, 4.69) is 5.32 Å². The first kappa shape index (κ1) is 11.6. The Morgan fingerprint density at radius 2 is 1.87 bits per heavy atom. The number of carbonyl (C=O) groups excluding carboxylic acids is 2. The van der Waals surface area contributed by atoms with E-state index in [1.807, 2.05) is 30.3 Å². The minimum absolute atomic E-state index is 0.344. The molecule has 0 aromatic heterocycles. The number of hydrogen-bond donors (Lipinski definition) is 2. The van der Waals surface area contributed by atoms with E-state index in [9.17, 15) is 9.59 Å². The van der Waals surface area contributed by atoms with Gasteiger partial charge in [0.1, 0.15) is 12.4 Å². The molecule has 0 amide bonds. The smallest absolute Gasteiger partial charge is 0.150 e. The molecule has 4 nitrogen and oxygen atoms in total. The third-order valence-corrected chi connectivity index (χ3v) is 2.04. The maximum Gasteiger partial charge on any atom is 0.150 e. The molecule has 0 radical (unpaired) electrons. The SMILES string of the molecule is O=CC(O)C(C=O)NCc1ccccc1. The number of aliphatic hydroxyl groups excluding tert-OH is 1. The minimum Gasteiger partial charge on any atom is -0.384 e. The molecule has 1 rings (SSSR count). The molecule has 1 aromatic rings. The second-order valence-electron chi connectivity index (χ2n) is 3.16. The molecule has 0 fully saturated rings. The van der Waals surface area contributed by atoms with Gasteiger partial charge in [0.25, 0.3) is 0 Å². The van der Waals surface area contributed by atoms with Gasteiger partial charge in [-0.1, -0.05) is 30.3 Å². The van der Waals surface area contributed by atoms with E-state index in [1.54, 1.807) is 0 Å². The molecule has 0 heterocycles. The van der Waals surface area contributed by atoms with Gasteiger partial charge in [-0.25, -0.2) is 0 Å². The lowest BCUT2D eigenvalue weighted by Gasteiger charge is -2.14. The van der Waals surface area contributed by atoms with Gasteiger partial charge >= 0.3 is 0 Å². The summed E-state index contributed by atoms with van der Waals surface area (Å²) in [5.41, 5.74) is 0.988. The summed E-state index contributed by atoms with van der Waals surface area (Å²) in [6.07, 6.45) is -0.412. The molecule has 0 aliphatic heterocycles. The van der Waals surface area contributed by atoms with Crippen molar-refractivity contribution >= 4 is 12.6 Å². The summed E-state index contributed by atoms with van der Waals surface area (Å²) in [4.78, 5) is 20.8. The molecule has 80 valence electrons. The summed E-state index contributed by atoms with van der Waals surface area (Å²) in [5, 5.41) is 11.9. The average molecular weight is 207 g/mol. The van der Waals surface area contributed by atoms with E-state index in [0.717, 1.165) is 5.56 Å². The van der Waals surface area contributed by atoms with Gasteiger partial charge in [0.05, 0.1) is 6.04 Å². The maximum absolute atomic E-state index is 10.5. The quantitative estimate of drug-likeness (QED) is 0.639. The van der Waals surface area contributed by atoms with Crippen LogP contribution in [0.25, 0.3) is 0 Å². The number of aldehydes is 2. The zero-order valence-electron chi connectivity index (χ0n) is 8.17. The molecule has 0 saturated heterocycles. The highest BCUT2D eigenvalue weighted by Gasteiger charge is 2.16. The summed E-state index contributed by atoms with van der Waals surface area (Å²) in [5.74, 6) is 0. The van der Waals surface area contributed by atoms with Gasteiger partial charge in [0.15, 0.2) is 6.29 Å². The normalized spacial score (nSPS) is 14.2. The second-order valence-corrected chi connectivity index (χ2v) is 3.16. The van der Waals surface area contributed by atoms with Crippen LogP contribution in [-0.4, -0.2) is 29.8 Å². The van der Waals surface area contributed by atoms with Crippen LogP contribution in [0, 0.1) is 0 Å². The van der Waals surface area contributed by atoms with Gasteiger partial charge in [-0.2, -0.15) is 0 Å². The van der Waals surface area contributed by atoms with Crippen LogP contribution in [0.3, 0.4) is 0 Å². The first-order chi connectivity index (χ1) is 7.27. The van der Waals surface area contributed by atoms with Gasteiger partial charge < -0.3 is 20.0 Å². The number of benzene rings is 1. The summed E-state index contributed by atoms with van der Waals surface area (Å²) in [6, 6.07) is 8.58. The van der Waals surface area contributed by atoms with Crippen molar-refractivity contribution in [1.29, 1.82) is 0 Å². The Hall–Kier alpha value is -1.52. The summed E-state index contributed by atoms with van der Waals surface area (Å²) < 4.78 is 0. The van der Waals surface area contributed by atoms with Crippen molar-refractivity contribution in [2.45, 2.75) is 18.7 Å². The zero-order valence-corrected chi connectivity index (χ0v) is 8.17. The molecular weight excluding hydrogens is 194 g/mol. The van der Waals surface area contributed by atoms with Gasteiger partial charge in [0.2, 0.25) is 0 Å². The van der Waals surface area contributed by atoms with Crippen LogP contribution in [0.4, 0.5) is 0 Å². The largest absolute Gasteiger partial charge is 0.384 e. The lowest BCUT2D eigenvalue weighted by Crippen LogP contribution is -2.41. The number of carbonyl (C=O) groups is 2. The standard InChI is InChI=1S/C11H13NO3/c13-7-10(11(15)8-14)12-6-9-4-2-1-3-5-9/h1-5,7-8,10-12,15H,6H2. The van der Waals surface area contributed by atoms with Crippen LogP contribution < -0.4 is 5.32 Å². The third-order valence-electron chi connectivity index (χ3n) is 2.04. The molecule has 1 aromatic carbocycles. The Bertz CT molecular complexity index is 313. The lowest BCUT2D eigenvalue weighted by molar-refractivity contribution is -0.121. The first-order valence-electron chi connectivity index (χ1n) is 4.64. The predicted octanol–water partition coefficient (Wildman–Crippen LogP) is -0.0965. The van der Waals surface area contributed by atoms with Crippen LogP contribution >= 0.6 is 0 Å². The fraction of sp³-hybridized carbons (Fsp3) is 0.273. The number of aliphatic hydroxyl groups is 1. The van der Waals surface area contributed by atoms with Gasteiger partial charge in [0, 0.05) is 6.54 Å². The Morgan fingerprint density at radius 1 is 1.20 bits per heavy atom. The Morgan fingerprint density at radius 3 is 2.40 bits per heavy atom. The van der Waals surface area contributed by atoms with E-state index in [4.69, 9.17) is 5.11 Å². The third kappa shape index (κ3) is 3.61.